The number of hydrogen-bond donors (Lipinski definition) is 1. The molecule has 8 aliphatic rings. The van der Waals surface area contributed by atoms with Crippen LogP contribution in [0.3, 0.4) is 0 Å². The minimum Gasteiger partial charge on any atom is -0.397 e. The van der Waals surface area contributed by atoms with Gasteiger partial charge in [-0.25, -0.2) is 12.2 Å². The van der Waals surface area contributed by atoms with Crippen molar-refractivity contribution in [2.45, 2.75) is 119 Å². The van der Waals surface area contributed by atoms with Crippen LogP contribution in [0.4, 0.5) is 0 Å². The van der Waals surface area contributed by atoms with E-state index in [-0.39, 0.29) is 82.9 Å². The summed E-state index contributed by atoms with van der Waals surface area (Å²) in [7, 11) is 0. The van der Waals surface area contributed by atoms with Crippen molar-refractivity contribution in [3.8, 4) is 0 Å². The first-order valence-corrected chi connectivity index (χ1v) is 20.3. The summed E-state index contributed by atoms with van der Waals surface area (Å²) in [5.74, 6) is 6.07. The molecule has 0 atom stereocenters. The molecule has 0 amide bonds. The Kier molecular flexibility index (Phi) is 25.1. The molecule has 8 saturated carbocycles. The maximum Gasteiger partial charge on any atom is 0.135 e. The van der Waals surface area contributed by atoms with Gasteiger partial charge in [-0.05, 0) is 126 Å². The van der Waals surface area contributed by atoms with Crippen LogP contribution in [0.15, 0.2) is 72.8 Å². The fourth-order valence-corrected chi connectivity index (χ4v) is 10.6. The van der Waals surface area contributed by atoms with Crippen molar-refractivity contribution >= 4 is 30.0 Å². The molecule has 8 bridgehead atoms. The molecule has 4 nitrogen and oxygen atoms in total. The molecule has 8 aliphatic carbocycles. The quantitative estimate of drug-likeness (QED) is 0.130. The topological polar surface area (TPSA) is 71.4 Å². The van der Waals surface area contributed by atoms with Crippen LogP contribution in [0.1, 0.15) is 130 Å². The Labute approximate surface area is 379 Å². The summed E-state index contributed by atoms with van der Waals surface area (Å²) in [4.78, 5) is 34.3. The van der Waals surface area contributed by atoms with Crippen LogP contribution in [0.2, 0.25) is 0 Å². The summed E-state index contributed by atoms with van der Waals surface area (Å²) in [5.41, 5.74) is 2.26. The van der Waals surface area contributed by atoms with Gasteiger partial charge in [0.15, 0.2) is 0 Å². The average molecular weight is 885 g/mol. The van der Waals surface area contributed by atoms with Crippen LogP contribution in [0, 0.1) is 58.5 Å². The first kappa shape index (κ1) is 50.9. The summed E-state index contributed by atoms with van der Waals surface area (Å²) in [6.45, 7) is 11.8. The molecule has 0 unspecified atom stereocenters. The van der Waals surface area contributed by atoms with E-state index in [0.717, 1.165) is 65.9 Å². The second kappa shape index (κ2) is 26.7. The summed E-state index contributed by atoms with van der Waals surface area (Å²) in [6.07, 6.45) is 29.0. The number of rotatable bonds is 7. The molecular formula is C48H66O4Y2-2. The molecule has 0 spiro atoms. The van der Waals surface area contributed by atoms with Gasteiger partial charge in [0, 0.05) is 82.9 Å². The van der Waals surface area contributed by atoms with Gasteiger partial charge < -0.3 is 14.7 Å². The van der Waals surface area contributed by atoms with Crippen LogP contribution >= 0.6 is 0 Å². The SMILES string of the molecule is CC.CC.CC(=O)C12CC3CC(CC(C3)C1)C2.CCO.O=C(/C=C/[C-]=Cc1ccccc1)C12CC3CC(CC(C3)C1)C2.O=C[C-]=Cc1ccccc1.[Y].[Y]. The van der Waals surface area contributed by atoms with Gasteiger partial charge in [0.05, 0.1) is 6.29 Å². The fourth-order valence-electron chi connectivity index (χ4n) is 10.6. The van der Waals surface area contributed by atoms with Crippen molar-refractivity contribution in [3.05, 3.63) is 96.1 Å². The molecule has 2 radical (unpaired) electrons. The minimum absolute atomic E-state index is 0. The first-order valence-electron chi connectivity index (χ1n) is 20.3. The predicted octanol–water partition coefficient (Wildman–Crippen LogP) is 11.4. The molecule has 0 saturated heterocycles. The molecular weight excluding hydrogens is 818 g/mol. The van der Waals surface area contributed by atoms with E-state index in [4.69, 9.17) is 5.11 Å². The second-order valence-electron chi connectivity index (χ2n) is 15.5. The number of Topliss-reactive ketones (excluding diaryl/α,β-unsaturated/α-hetero) is 1. The second-order valence-corrected chi connectivity index (χ2v) is 15.5. The molecule has 0 heterocycles. The Morgan fingerprint density at radius 3 is 1.26 bits per heavy atom. The summed E-state index contributed by atoms with van der Waals surface area (Å²) >= 11 is 0. The maximum absolute atomic E-state index is 12.8. The zero-order chi connectivity index (χ0) is 38.0. The third-order valence-corrected chi connectivity index (χ3v) is 11.8. The van der Waals surface area contributed by atoms with E-state index >= 15 is 0 Å². The normalized spacial score (nSPS) is 29.9. The maximum atomic E-state index is 12.8. The molecule has 290 valence electrons. The number of aliphatic hydroxyl groups is 1. The van der Waals surface area contributed by atoms with Crippen LogP contribution in [0.25, 0.3) is 12.2 Å². The minimum atomic E-state index is -0.0142. The van der Waals surface area contributed by atoms with Gasteiger partial charge in [-0.15, -0.1) is 35.9 Å². The number of aldehydes is 1. The number of carbonyl (C=O) groups is 3. The molecule has 1 N–H and O–H groups in total. The summed E-state index contributed by atoms with van der Waals surface area (Å²) < 4.78 is 0. The number of aliphatic hydroxyl groups excluding tert-OH is 1. The van der Waals surface area contributed by atoms with Crippen molar-refractivity contribution in [2.75, 3.05) is 6.61 Å². The average Bonchev–Trinajstić information content (AvgIpc) is 3.15. The Balaban J connectivity index is 0.000000392. The number of carbonyl (C=O) groups excluding carboxylic acids is 3. The third-order valence-electron chi connectivity index (χ3n) is 11.8. The van der Waals surface area contributed by atoms with E-state index in [0.29, 0.717) is 17.9 Å². The van der Waals surface area contributed by atoms with Crippen molar-refractivity contribution in [1.29, 1.82) is 0 Å². The summed E-state index contributed by atoms with van der Waals surface area (Å²) in [5, 5.41) is 7.57. The molecule has 8 fully saturated rings. The van der Waals surface area contributed by atoms with Crippen molar-refractivity contribution < 1.29 is 84.9 Å². The largest absolute Gasteiger partial charge is 0.397 e. The van der Waals surface area contributed by atoms with E-state index < -0.39 is 0 Å². The van der Waals surface area contributed by atoms with Crippen molar-refractivity contribution in [2.24, 2.45) is 46.3 Å². The Bertz CT molecular complexity index is 1380. The number of benzene rings is 2. The van der Waals surface area contributed by atoms with Crippen LogP contribution in [-0.2, 0) is 79.8 Å². The van der Waals surface area contributed by atoms with E-state index in [1.165, 1.54) is 57.8 Å². The molecule has 0 aromatic heterocycles. The van der Waals surface area contributed by atoms with Gasteiger partial charge in [-0.2, -0.15) is 23.8 Å². The van der Waals surface area contributed by atoms with Crippen LogP contribution in [-0.4, -0.2) is 29.6 Å². The predicted molar refractivity (Wildman–Crippen MR) is 216 cm³/mol. The van der Waals surface area contributed by atoms with E-state index in [1.807, 2.05) is 107 Å². The van der Waals surface area contributed by atoms with Gasteiger partial charge in [-0.3, -0.25) is 4.79 Å². The van der Waals surface area contributed by atoms with Gasteiger partial charge in [-0.1, -0.05) is 64.1 Å². The Hall–Kier alpha value is -1.16. The van der Waals surface area contributed by atoms with Gasteiger partial charge in [0.25, 0.3) is 0 Å². The number of hydrogen-bond acceptors (Lipinski definition) is 4. The standard InChI is InChI=1S/C21H23O.C12H18O.C9H7O.C2H6O.2C2H6.2Y/c22-20(9-5-4-8-16-6-2-1-3-7-16)21-13-17-10-18(14-21)12-19(11-17)15-21;1-8(13)12-5-9-2-10(6-12)4-11(3-9)7-12;10-8-4-7-9-5-2-1-3-6-9;1-2-3;2*1-2;;/h1-3,5-9,17-19H,10-15H2;9-11H,2-7H2,1H3;1-3,5-8H;3H,2H2,1H3;2*1-2H3;;/q-1;;-1;;;;;/b9-5+;;;;;;;. The number of ketones is 2. The Morgan fingerprint density at radius 2 is 0.944 bits per heavy atom. The van der Waals surface area contributed by atoms with Gasteiger partial charge in [0.1, 0.15) is 11.6 Å². The van der Waals surface area contributed by atoms with E-state index in [1.54, 1.807) is 19.1 Å². The molecule has 6 heteroatoms. The molecule has 2 aromatic rings. The fraction of sp³-hybridized carbons (Fsp3) is 0.562. The van der Waals surface area contributed by atoms with Crippen molar-refractivity contribution in [3.63, 3.8) is 0 Å². The molecule has 10 rings (SSSR count). The monoisotopic (exact) mass is 884 g/mol. The van der Waals surface area contributed by atoms with E-state index in [9.17, 15) is 14.4 Å². The molecule has 54 heavy (non-hydrogen) atoms. The van der Waals surface area contributed by atoms with E-state index in [2.05, 4.69) is 12.2 Å². The smallest absolute Gasteiger partial charge is 0.135 e. The zero-order valence-corrected chi connectivity index (χ0v) is 39.8. The Morgan fingerprint density at radius 1 is 0.630 bits per heavy atom. The van der Waals surface area contributed by atoms with Gasteiger partial charge >= 0.3 is 0 Å². The first-order chi connectivity index (χ1) is 25.3. The number of allylic oxidation sites excluding steroid dienone is 4. The molecule has 0 aliphatic heterocycles. The van der Waals surface area contributed by atoms with Crippen LogP contribution < -0.4 is 0 Å². The van der Waals surface area contributed by atoms with Gasteiger partial charge in [0.2, 0.25) is 0 Å². The van der Waals surface area contributed by atoms with Crippen molar-refractivity contribution in [1.82, 2.24) is 0 Å². The van der Waals surface area contributed by atoms with Crippen LogP contribution in [0.5, 0.6) is 0 Å². The molecule has 2 aromatic carbocycles. The summed E-state index contributed by atoms with van der Waals surface area (Å²) in [6, 6.07) is 19.7. The zero-order valence-electron chi connectivity index (χ0n) is 34.1. The third kappa shape index (κ3) is 15.0.